The molecule has 0 atom stereocenters. The van der Waals surface area contributed by atoms with E-state index in [2.05, 4.69) is 40.1 Å². The number of fused-ring (bicyclic) bond motifs is 1. The molecule has 17 heavy (non-hydrogen) atoms. The van der Waals surface area contributed by atoms with Crippen LogP contribution >= 0.6 is 11.3 Å². The molecule has 0 bridgehead atoms. The first-order chi connectivity index (χ1) is 8.29. The van der Waals surface area contributed by atoms with Crippen LogP contribution in [0.15, 0.2) is 12.4 Å². The minimum atomic E-state index is 0.582. The Bertz CT molecular complexity index is 532. The summed E-state index contributed by atoms with van der Waals surface area (Å²) in [5.74, 6) is 1.09. The Hall–Kier alpha value is -1.20. The van der Waals surface area contributed by atoms with Gasteiger partial charge in [0.1, 0.15) is 17.0 Å². The van der Waals surface area contributed by atoms with E-state index in [1.807, 2.05) is 0 Å². The molecule has 0 unspecified atom stereocenters. The molecule has 3 rings (SSSR count). The van der Waals surface area contributed by atoms with Crippen molar-refractivity contribution in [2.45, 2.75) is 19.9 Å². The van der Waals surface area contributed by atoms with Crippen LogP contribution in [0.2, 0.25) is 0 Å². The number of nitrogens with one attached hydrogen (secondary N) is 1. The lowest BCUT2D eigenvalue weighted by molar-refractivity contribution is 0.416. The number of hydrogen-bond acceptors (Lipinski definition) is 5. The molecule has 1 N–H and O–H groups in total. The zero-order valence-electron chi connectivity index (χ0n) is 10.1. The Morgan fingerprint density at radius 2 is 2.29 bits per heavy atom. The van der Waals surface area contributed by atoms with Crippen molar-refractivity contribution < 1.29 is 0 Å². The van der Waals surface area contributed by atoms with Crippen LogP contribution < -0.4 is 10.2 Å². The third-order valence-corrected chi connectivity index (χ3v) is 4.20. The predicted octanol–water partition coefficient (Wildman–Crippen LogP) is 1.80. The van der Waals surface area contributed by atoms with Crippen LogP contribution in [0.5, 0.6) is 0 Å². The van der Waals surface area contributed by atoms with E-state index in [0.29, 0.717) is 6.04 Å². The molecule has 0 aromatic carbocycles. The van der Waals surface area contributed by atoms with Crippen molar-refractivity contribution in [1.29, 1.82) is 0 Å². The first-order valence-corrected chi connectivity index (χ1v) is 6.79. The van der Waals surface area contributed by atoms with E-state index in [0.717, 1.165) is 30.3 Å². The van der Waals surface area contributed by atoms with E-state index in [1.165, 1.54) is 10.3 Å². The molecule has 0 amide bonds. The summed E-state index contributed by atoms with van der Waals surface area (Å²) in [5, 5.41) is 4.51. The Morgan fingerprint density at radius 1 is 1.47 bits per heavy atom. The van der Waals surface area contributed by atoms with Gasteiger partial charge in [0, 0.05) is 24.5 Å². The molecule has 1 aliphatic rings. The van der Waals surface area contributed by atoms with Gasteiger partial charge in [0.05, 0.1) is 11.4 Å². The number of aromatic nitrogens is 2. The van der Waals surface area contributed by atoms with Crippen molar-refractivity contribution in [3.8, 4) is 0 Å². The minimum absolute atomic E-state index is 0.582. The van der Waals surface area contributed by atoms with Crippen LogP contribution in [0, 0.1) is 6.92 Å². The summed E-state index contributed by atoms with van der Waals surface area (Å²) in [7, 11) is 0. The highest BCUT2D eigenvalue weighted by molar-refractivity contribution is 7.18. The van der Waals surface area contributed by atoms with Gasteiger partial charge in [-0.15, -0.1) is 11.3 Å². The van der Waals surface area contributed by atoms with Gasteiger partial charge in [-0.2, -0.15) is 0 Å². The van der Waals surface area contributed by atoms with Crippen molar-refractivity contribution >= 4 is 27.4 Å². The van der Waals surface area contributed by atoms with Crippen molar-refractivity contribution in [3.05, 3.63) is 17.3 Å². The molecular formula is C12H16N4S. The normalized spacial score (nSPS) is 16.1. The molecule has 1 fully saturated rings. The predicted molar refractivity (Wildman–Crippen MR) is 71.8 cm³/mol. The number of thiophene rings is 1. The summed E-state index contributed by atoms with van der Waals surface area (Å²) in [5.41, 5.74) is 0. The average molecular weight is 248 g/mol. The number of likely N-dealkylation sites (N-methyl/N-ethyl adjacent to an activating group) is 1. The fourth-order valence-electron chi connectivity index (χ4n) is 2.27. The van der Waals surface area contributed by atoms with Gasteiger partial charge in [-0.1, -0.05) is 0 Å². The fraction of sp³-hybridized carbons (Fsp3) is 0.500. The summed E-state index contributed by atoms with van der Waals surface area (Å²) >= 11 is 1.74. The topological polar surface area (TPSA) is 41.1 Å². The molecular weight excluding hydrogens is 232 g/mol. The zero-order chi connectivity index (χ0) is 11.8. The quantitative estimate of drug-likeness (QED) is 0.899. The van der Waals surface area contributed by atoms with Gasteiger partial charge in [0.2, 0.25) is 0 Å². The van der Waals surface area contributed by atoms with Gasteiger partial charge in [0.15, 0.2) is 0 Å². The largest absolute Gasteiger partial charge is 0.351 e. The number of anilines is 1. The molecule has 0 aliphatic carbocycles. The van der Waals surface area contributed by atoms with Crippen LogP contribution in [0.3, 0.4) is 0 Å². The van der Waals surface area contributed by atoms with Crippen LogP contribution in [-0.4, -0.2) is 35.6 Å². The van der Waals surface area contributed by atoms with E-state index < -0.39 is 0 Å². The lowest BCUT2D eigenvalue weighted by Crippen LogP contribution is -2.57. The first-order valence-electron chi connectivity index (χ1n) is 5.98. The third kappa shape index (κ3) is 1.79. The monoisotopic (exact) mass is 248 g/mol. The molecule has 0 spiro atoms. The Morgan fingerprint density at radius 3 is 2.94 bits per heavy atom. The first kappa shape index (κ1) is 10.9. The average Bonchev–Trinajstić information content (AvgIpc) is 2.63. The van der Waals surface area contributed by atoms with Crippen molar-refractivity contribution in [3.63, 3.8) is 0 Å². The number of rotatable bonds is 3. The molecule has 3 heterocycles. The van der Waals surface area contributed by atoms with E-state index in [9.17, 15) is 0 Å². The fourth-order valence-corrected chi connectivity index (χ4v) is 3.11. The van der Waals surface area contributed by atoms with Crippen molar-refractivity contribution in [1.82, 2.24) is 15.3 Å². The number of nitrogens with zero attached hydrogens (tertiary/aromatic N) is 3. The molecule has 1 aliphatic heterocycles. The summed E-state index contributed by atoms with van der Waals surface area (Å²) in [6.45, 7) is 7.42. The van der Waals surface area contributed by atoms with Gasteiger partial charge in [-0.3, -0.25) is 0 Å². The van der Waals surface area contributed by atoms with E-state index >= 15 is 0 Å². The molecule has 0 saturated carbocycles. The van der Waals surface area contributed by atoms with Gasteiger partial charge < -0.3 is 10.2 Å². The van der Waals surface area contributed by atoms with E-state index in [-0.39, 0.29) is 0 Å². The summed E-state index contributed by atoms with van der Waals surface area (Å²) in [6, 6.07) is 2.78. The second kappa shape index (κ2) is 4.23. The molecule has 1 saturated heterocycles. The molecule has 2 aromatic heterocycles. The molecule has 2 aromatic rings. The van der Waals surface area contributed by atoms with E-state index in [4.69, 9.17) is 0 Å². The zero-order valence-corrected chi connectivity index (χ0v) is 10.9. The van der Waals surface area contributed by atoms with Crippen LogP contribution in [0.1, 0.15) is 11.8 Å². The van der Waals surface area contributed by atoms with Crippen molar-refractivity contribution in [2.24, 2.45) is 0 Å². The number of aryl methyl sites for hydroxylation is 1. The standard InChI is InChI=1S/C12H16N4S/c1-3-16(9-5-13-6-9)11-10-4-8(2)17-12(10)15-7-14-11/h4,7,9,13H,3,5-6H2,1-2H3. The second-order valence-corrected chi connectivity index (χ2v) is 5.61. The SMILES string of the molecule is CCN(c1ncnc2sc(C)cc12)C1CNC1. The molecule has 90 valence electrons. The Labute approximate surface area is 105 Å². The number of hydrogen-bond donors (Lipinski definition) is 1. The maximum absolute atomic E-state index is 4.49. The Balaban J connectivity index is 2.07. The highest BCUT2D eigenvalue weighted by atomic mass is 32.1. The molecule has 4 nitrogen and oxygen atoms in total. The van der Waals surface area contributed by atoms with Gasteiger partial charge in [-0.05, 0) is 19.9 Å². The minimum Gasteiger partial charge on any atom is -0.351 e. The van der Waals surface area contributed by atoms with Crippen LogP contribution in [0.4, 0.5) is 5.82 Å². The van der Waals surface area contributed by atoms with E-state index in [1.54, 1.807) is 17.7 Å². The molecule has 5 heteroatoms. The third-order valence-electron chi connectivity index (χ3n) is 3.25. The van der Waals surface area contributed by atoms with Crippen molar-refractivity contribution in [2.75, 3.05) is 24.5 Å². The lowest BCUT2D eigenvalue weighted by Gasteiger charge is -2.38. The maximum atomic E-state index is 4.49. The van der Waals surface area contributed by atoms with Crippen LogP contribution in [0.25, 0.3) is 10.2 Å². The highest BCUT2D eigenvalue weighted by Gasteiger charge is 2.26. The van der Waals surface area contributed by atoms with Gasteiger partial charge in [-0.25, -0.2) is 9.97 Å². The molecule has 0 radical (unpaired) electrons. The Kier molecular flexibility index (Phi) is 2.72. The summed E-state index contributed by atoms with van der Waals surface area (Å²) < 4.78 is 0. The summed E-state index contributed by atoms with van der Waals surface area (Å²) in [4.78, 5) is 13.6. The van der Waals surface area contributed by atoms with Crippen LogP contribution in [-0.2, 0) is 0 Å². The second-order valence-electron chi connectivity index (χ2n) is 4.37. The summed E-state index contributed by atoms with van der Waals surface area (Å²) in [6.07, 6.45) is 1.68. The van der Waals surface area contributed by atoms with Gasteiger partial charge >= 0.3 is 0 Å². The highest BCUT2D eigenvalue weighted by Crippen LogP contribution is 2.30. The maximum Gasteiger partial charge on any atom is 0.141 e. The smallest absolute Gasteiger partial charge is 0.141 e. The van der Waals surface area contributed by atoms with Gasteiger partial charge in [0.25, 0.3) is 0 Å². The lowest BCUT2D eigenvalue weighted by atomic mass is 10.1.